The van der Waals surface area contributed by atoms with Crippen LogP contribution in [0.15, 0.2) is 23.0 Å². The van der Waals surface area contributed by atoms with Gasteiger partial charge in [0.2, 0.25) is 0 Å². The first-order chi connectivity index (χ1) is 11.9. The van der Waals surface area contributed by atoms with Gasteiger partial charge in [-0.1, -0.05) is 13.0 Å². The quantitative estimate of drug-likeness (QED) is 0.887. The summed E-state index contributed by atoms with van der Waals surface area (Å²) in [7, 11) is 0. The van der Waals surface area contributed by atoms with E-state index in [4.69, 9.17) is 0 Å². The Morgan fingerprint density at radius 3 is 2.60 bits per heavy atom. The molecular weight excluding hydrogens is 331 g/mol. The molecule has 1 aliphatic rings. The van der Waals surface area contributed by atoms with Crippen molar-refractivity contribution in [3.8, 4) is 11.3 Å². The highest BCUT2D eigenvalue weighted by Crippen LogP contribution is 2.35. The van der Waals surface area contributed by atoms with E-state index in [1.54, 1.807) is 0 Å². The Labute approximate surface area is 143 Å². The van der Waals surface area contributed by atoms with E-state index in [-0.39, 0.29) is 17.7 Å². The summed E-state index contributed by atoms with van der Waals surface area (Å²) < 4.78 is 39.7. The van der Waals surface area contributed by atoms with Gasteiger partial charge in [0, 0.05) is 17.7 Å². The van der Waals surface area contributed by atoms with Crippen molar-refractivity contribution in [2.24, 2.45) is 0 Å². The third-order valence-electron chi connectivity index (χ3n) is 4.55. The second kappa shape index (κ2) is 7.00. The number of hydrogen-bond acceptors (Lipinski definition) is 3. The number of rotatable bonds is 4. The first-order valence-corrected chi connectivity index (χ1v) is 8.43. The summed E-state index contributed by atoms with van der Waals surface area (Å²) in [6.45, 7) is 2.55. The number of aromatic nitrogens is 2. The van der Waals surface area contributed by atoms with Gasteiger partial charge in [-0.15, -0.1) is 0 Å². The van der Waals surface area contributed by atoms with E-state index in [0.717, 1.165) is 30.9 Å². The second-order valence-corrected chi connectivity index (χ2v) is 6.22. The van der Waals surface area contributed by atoms with Gasteiger partial charge in [0.25, 0.3) is 5.56 Å². The molecule has 0 unspecified atom stereocenters. The van der Waals surface area contributed by atoms with E-state index in [1.807, 2.05) is 6.92 Å². The Bertz CT molecular complexity index is 827. The maximum Gasteiger partial charge on any atom is 0.416 e. The Hall–Kier alpha value is -2.15. The minimum Gasteiger partial charge on any atom is -0.313 e. The zero-order valence-electron chi connectivity index (χ0n) is 14.0. The maximum absolute atomic E-state index is 13.2. The van der Waals surface area contributed by atoms with E-state index < -0.39 is 11.7 Å². The number of nitrogens with one attached hydrogen (secondary N) is 2. The summed E-state index contributed by atoms with van der Waals surface area (Å²) in [5, 5.41) is 9.58. The van der Waals surface area contributed by atoms with Crippen LogP contribution in [0.1, 0.15) is 42.0 Å². The minimum atomic E-state index is -4.40. The number of fused-ring (bicyclic) bond motifs is 1. The molecule has 0 spiro atoms. The van der Waals surface area contributed by atoms with Crippen LogP contribution in [0.4, 0.5) is 13.2 Å². The maximum atomic E-state index is 13.2. The molecule has 1 aromatic heterocycles. The van der Waals surface area contributed by atoms with Crippen molar-refractivity contribution >= 4 is 0 Å². The number of halogens is 3. The lowest BCUT2D eigenvalue weighted by molar-refractivity contribution is -0.138. The van der Waals surface area contributed by atoms with Gasteiger partial charge in [-0.05, 0) is 55.5 Å². The molecule has 4 nitrogen and oxygen atoms in total. The first-order valence-electron chi connectivity index (χ1n) is 8.43. The molecule has 0 aliphatic heterocycles. The molecule has 0 saturated heterocycles. The summed E-state index contributed by atoms with van der Waals surface area (Å²) >= 11 is 0. The predicted molar refractivity (Wildman–Crippen MR) is 89.3 cm³/mol. The van der Waals surface area contributed by atoms with Gasteiger partial charge >= 0.3 is 6.18 Å². The molecule has 3 rings (SSSR count). The topological polar surface area (TPSA) is 57.8 Å². The number of aromatic amines is 1. The van der Waals surface area contributed by atoms with Gasteiger partial charge in [0.1, 0.15) is 0 Å². The van der Waals surface area contributed by atoms with Crippen molar-refractivity contribution in [3.05, 3.63) is 50.8 Å². The highest BCUT2D eigenvalue weighted by molar-refractivity contribution is 5.66. The van der Waals surface area contributed by atoms with Crippen LogP contribution < -0.4 is 10.9 Å². The highest BCUT2D eigenvalue weighted by atomic mass is 19.4. The van der Waals surface area contributed by atoms with Crippen LogP contribution in [-0.4, -0.2) is 16.7 Å². The van der Waals surface area contributed by atoms with Crippen LogP contribution in [0.5, 0.6) is 0 Å². The summed E-state index contributed by atoms with van der Waals surface area (Å²) in [5.74, 6) is 0. The zero-order chi connectivity index (χ0) is 18.0. The Morgan fingerprint density at radius 2 is 1.92 bits per heavy atom. The fraction of sp³-hybridized carbons (Fsp3) is 0.444. The monoisotopic (exact) mass is 351 g/mol. The lowest BCUT2D eigenvalue weighted by Gasteiger charge is -2.19. The van der Waals surface area contributed by atoms with E-state index >= 15 is 0 Å². The lowest BCUT2D eigenvalue weighted by atomic mass is 9.89. The number of alkyl halides is 3. The predicted octanol–water partition coefficient (Wildman–Crippen LogP) is 3.44. The molecule has 25 heavy (non-hydrogen) atoms. The summed E-state index contributed by atoms with van der Waals surface area (Å²) in [6, 6.07) is 4.07. The molecule has 0 fully saturated rings. The summed E-state index contributed by atoms with van der Waals surface area (Å²) in [4.78, 5) is 12.0. The Kier molecular flexibility index (Phi) is 4.94. The molecule has 1 aromatic carbocycles. The van der Waals surface area contributed by atoms with Crippen molar-refractivity contribution in [2.45, 2.75) is 45.3 Å². The van der Waals surface area contributed by atoms with Gasteiger partial charge in [-0.2, -0.15) is 18.3 Å². The number of hydrogen-bond donors (Lipinski definition) is 2. The molecule has 0 amide bonds. The molecule has 2 N–H and O–H groups in total. The SMILES string of the molecule is CCNCc1cc(-c2n[nH]c(=O)c3c2CCCC3)ccc1C(F)(F)F. The van der Waals surface area contributed by atoms with Crippen LogP contribution in [0.3, 0.4) is 0 Å². The van der Waals surface area contributed by atoms with Crippen molar-refractivity contribution in [1.82, 2.24) is 15.5 Å². The lowest BCUT2D eigenvalue weighted by Crippen LogP contribution is -2.22. The van der Waals surface area contributed by atoms with Crippen LogP contribution >= 0.6 is 0 Å². The largest absolute Gasteiger partial charge is 0.416 e. The minimum absolute atomic E-state index is 0.130. The average molecular weight is 351 g/mol. The molecule has 0 bridgehead atoms. The molecule has 0 saturated carbocycles. The Morgan fingerprint density at radius 1 is 1.20 bits per heavy atom. The second-order valence-electron chi connectivity index (χ2n) is 6.22. The van der Waals surface area contributed by atoms with Gasteiger partial charge in [-0.3, -0.25) is 4.79 Å². The number of H-pyrrole nitrogens is 1. The average Bonchev–Trinajstić information content (AvgIpc) is 2.59. The van der Waals surface area contributed by atoms with E-state index in [9.17, 15) is 18.0 Å². The van der Waals surface area contributed by atoms with Crippen molar-refractivity contribution in [1.29, 1.82) is 0 Å². The van der Waals surface area contributed by atoms with Crippen LogP contribution in [0.2, 0.25) is 0 Å². The first kappa shape index (κ1) is 17.7. The zero-order valence-corrected chi connectivity index (χ0v) is 14.0. The number of nitrogens with zero attached hydrogens (tertiary/aromatic N) is 1. The van der Waals surface area contributed by atoms with Crippen molar-refractivity contribution < 1.29 is 13.2 Å². The third-order valence-corrected chi connectivity index (χ3v) is 4.55. The third kappa shape index (κ3) is 3.61. The van der Waals surface area contributed by atoms with E-state index in [2.05, 4.69) is 15.5 Å². The Balaban J connectivity index is 2.11. The smallest absolute Gasteiger partial charge is 0.313 e. The fourth-order valence-electron chi connectivity index (χ4n) is 3.32. The molecule has 1 heterocycles. The van der Waals surface area contributed by atoms with Crippen molar-refractivity contribution in [2.75, 3.05) is 6.54 Å². The molecule has 1 aliphatic carbocycles. The van der Waals surface area contributed by atoms with E-state index in [1.165, 1.54) is 12.1 Å². The standard InChI is InChI=1S/C18H20F3N3O/c1-2-22-10-12-9-11(7-8-15(12)18(19,20)21)16-13-5-3-4-6-14(13)17(25)24-23-16/h7-9,22H,2-6,10H2,1H3,(H,24,25). The van der Waals surface area contributed by atoms with Crippen LogP contribution in [0.25, 0.3) is 11.3 Å². The molecule has 0 radical (unpaired) electrons. The van der Waals surface area contributed by atoms with Gasteiger partial charge < -0.3 is 5.32 Å². The normalized spacial score (nSPS) is 14.4. The molecular formula is C18H20F3N3O. The van der Waals surface area contributed by atoms with Gasteiger partial charge in [0.05, 0.1) is 11.3 Å². The van der Waals surface area contributed by atoms with Crippen LogP contribution in [-0.2, 0) is 25.6 Å². The number of benzene rings is 1. The highest BCUT2D eigenvalue weighted by Gasteiger charge is 2.33. The molecule has 7 heteroatoms. The van der Waals surface area contributed by atoms with Gasteiger partial charge in [0.15, 0.2) is 0 Å². The summed E-state index contributed by atoms with van der Waals surface area (Å²) in [6.07, 6.45) is -1.09. The van der Waals surface area contributed by atoms with Crippen LogP contribution in [0, 0.1) is 0 Å². The molecule has 134 valence electrons. The molecule has 2 aromatic rings. The van der Waals surface area contributed by atoms with Crippen molar-refractivity contribution in [3.63, 3.8) is 0 Å². The fourth-order valence-corrected chi connectivity index (χ4v) is 3.32. The van der Waals surface area contributed by atoms with E-state index in [0.29, 0.717) is 29.8 Å². The summed E-state index contributed by atoms with van der Waals surface area (Å²) in [5.41, 5.74) is 2.11. The molecule has 0 atom stereocenters. The van der Waals surface area contributed by atoms with Gasteiger partial charge in [-0.25, -0.2) is 5.10 Å².